The van der Waals surface area contributed by atoms with Crippen LogP contribution in [0.2, 0.25) is 0 Å². The van der Waals surface area contributed by atoms with Gasteiger partial charge < -0.3 is 10.2 Å². The zero-order chi connectivity index (χ0) is 17.4. The Labute approximate surface area is 140 Å². The lowest BCUT2D eigenvalue weighted by molar-refractivity contribution is -0.158. The van der Waals surface area contributed by atoms with Crippen LogP contribution in [-0.2, 0) is 4.79 Å². The molecule has 0 bridgehead atoms. The quantitative estimate of drug-likeness (QED) is 0.276. The van der Waals surface area contributed by atoms with E-state index in [9.17, 15) is 14.8 Å². The molecule has 0 fully saturated rings. The summed E-state index contributed by atoms with van der Waals surface area (Å²) in [5.41, 5.74) is -2.43. The van der Waals surface area contributed by atoms with Crippen molar-refractivity contribution < 1.29 is 15.0 Å². The molecule has 5 nitrogen and oxygen atoms in total. The minimum atomic E-state index is -2.43. The summed E-state index contributed by atoms with van der Waals surface area (Å²) in [4.78, 5) is 21.0. The Morgan fingerprint density at radius 2 is 1.13 bits per heavy atom. The van der Waals surface area contributed by atoms with Gasteiger partial charge in [-0.1, -0.05) is 90.4 Å². The molecule has 1 atom stereocenters. The highest BCUT2D eigenvalue weighted by Gasteiger charge is 2.36. The van der Waals surface area contributed by atoms with Gasteiger partial charge >= 0.3 is 5.97 Å². The first-order valence-electron chi connectivity index (χ1n) is 9.37. The third-order valence-corrected chi connectivity index (χ3v) is 4.37. The van der Waals surface area contributed by atoms with Crippen LogP contribution in [0.15, 0.2) is 5.18 Å². The highest BCUT2D eigenvalue weighted by Crippen LogP contribution is 2.18. The molecule has 0 aliphatic heterocycles. The van der Waals surface area contributed by atoms with Crippen LogP contribution >= 0.6 is 0 Å². The number of carboxylic acids is 1. The van der Waals surface area contributed by atoms with E-state index in [-0.39, 0.29) is 6.42 Å². The summed E-state index contributed by atoms with van der Waals surface area (Å²) in [6.45, 7) is 2.24. The average Bonchev–Trinajstić information content (AvgIpc) is 2.54. The number of rotatable bonds is 17. The molecule has 23 heavy (non-hydrogen) atoms. The van der Waals surface area contributed by atoms with Crippen LogP contribution in [0.25, 0.3) is 0 Å². The van der Waals surface area contributed by atoms with Crippen LogP contribution in [0.4, 0.5) is 0 Å². The Balaban J connectivity index is 3.28. The Hall–Kier alpha value is -0.970. The van der Waals surface area contributed by atoms with Crippen molar-refractivity contribution in [1.82, 2.24) is 0 Å². The first kappa shape index (κ1) is 22.0. The molecule has 0 radical (unpaired) electrons. The molecule has 0 amide bonds. The molecule has 0 spiro atoms. The molecule has 0 aliphatic rings. The molecule has 1 unspecified atom stereocenters. The van der Waals surface area contributed by atoms with Crippen molar-refractivity contribution in [2.45, 2.75) is 109 Å². The molecule has 0 saturated heterocycles. The highest BCUT2D eigenvalue weighted by atomic mass is 16.4. The predicted octanol–water partition coefficient (Wildman–Crippen LogP) is 5.40. The Kier molecular flexibility index (Phi) is 14.0. The largest absolute Gasteiger partial charge is 0.478 e. The fourth-order valence-electron chi connectivity index (χ4n) is 2.76. The molecule has 0 aromatic rings. The Bertz CT molecular complexity index is 309. The van der Waals surface area contributed by atoms with E-state index in [1.807, 2.05) is 0 Å². The number of hydrogen-bond acceptors (Lipinski definition) is 4. The molecule has 0 aliphatic carbocycles. The molecule has 0 rings (SSSR count). The van der Waals surface area contributed by atoms with E-state index in [4.69, 9.17) is 5.11 Å². The first-order chi connectivity index (χ1) is 11.1. The van der Waals surface area contributed by atoms with E-state index in [0.29, 0.717) is 6.42 Å². The van der Waals surface area contributed by atoms with Crippen molar-refractivity contribution in [2.24, 2.45) is 5.18 Å². The van der Waals surface area contributed by atoms with Crippen LogP contribution in [0, 0.1) is 4.91 Å². The number of aliphatic hydroxyl groups is 1. The second kappa shape index (κ2) is 14.6. The van der Waals surface area contributed by atoms with Gasteiger partial charge in [0.2, 0.25) is 0 Å². The van der Waals surface area contributed by atoms with E-state index >= 15 is 0 Å². The van der Waals surface area contributed by atoms with E-state index in [1.54, 1.807) is 0 Å². The highest BCUT2D eigenvalue weighted by molar-refractivity contribution is 5.76. The third-order valence-electron chi connectivity index (χ3n) is 4.37. The van der Waals surface area contributed by atoms with Gasteiger partial charge in [-0.3, -0.25) is 0 Å². The molecule has 5 heteroatoms. The Morgan fingerprint density at radius 1 is 0.783 bits per heavy atom. The lowest BCUT2D eigenvalue weighted by atomic mass is 10.0. The number of carboxylic acid groups (broad SMARTS) is 1. The SMILES string of the molecule is CCCCCCCCCCCCCCCCC(O)(N=O)C(=O)O. The van der Waals surface area contributed by atoms with Gasteiger partial charge in [-0.25, -0.2) is 4.79 Å². The predicted molar refractivity (Wildman–Crippen MR) is 93.3 cm³/mol. The first-order valence-corrected chi connectivity index (χ1v) is 9.37. The summed E-state index contributed by atoms with van der Waals surface area (Å²) in [5, 5.41) is 20.4. The molecule has 2 N–H and O–H groups in total. The van der Waals surface area contributed by atoms with Gasteiger partial charge in [0.05, 0.1) is 0 Å². The van der Waals surface area contributed by atoms with E-state index in [0.717, 1.165) is 19.3 Å². The zero-order valence-corrected chi connectivity index (χ0v) is 14.8. The maximum Gasteiger partial charge on any atom is 0.362 e. The van der Waals surface area contributed by atoms with E-state index in [1.165, 1.54) is 64.2 Å². The number of nitroso groups, excluding NO2 is 1. The standard InChI is InChI=1S/C18H35NO4/c1-2-3-4-5-6-7-8-9-10-11-12-13-14-15-16-18(22,19-23)17(20)21/h22H,2-16H2,1H3,(H,20,21). The van der Waals surface area contributed by atoms with Crippen molar-refractivity contribution in [3.05, 3.63) is 4.91 Å². The summed E-state index contributed by atoms with van der Waals surface area (Å²) in [6, 6.07) is 0. The average molecular weight is 329 g/mol. The van der Waals surface area contributed by atoms with Gasteiger partial charge in [-0.2, -0.15) is 0 Å². The molecule has 0 saturated carbocycles. The maximum absolute atomic E-state index is 10.7. The molecule has 0 aromatic heterocycles. The van der Waals surface area contributed by atoms with Crippen molar-refractivity contribution in [3.63, 3.8) is 0 Å². The molecular formula is C18H35NO4. The van der Waals surface area contributed by atoms with Gasteiger partial charge in [0.15, 0.2) is 0 Å². The summed E-state index contributed by atoms with van der Waals surface area (Å²) >= 11 is 0. The number of hydrogen-bond donors (Lipinski definition) is 2. The van der Waals surface area contributed by atoms with Gasteiger partial charge in [0, 0.05) is 6.42 Å². The maximum atomic E-state index is 10.7. The molecule has 0 heterocycles. The Morgan fingerprint density at radius 3 is 1.43 bits per heavy atom. The van der Waals surface area contributed by atoms with Crippen LogP contribution in [0.5, 0.6) is 0 Å². The van der Waals surface area contributed by atoms with Crippen molar-refractivity contribution >= 4 is 5.97 Å². The van der Waals surface area contributed by atoms with Gasteiger partial charge in [-0.15, -0.1) is 4.91 Å². The fourth-order valence-corrected chi connectivity index (χ4v) is 2.76. The fraction of sp³-hybridized carbons (Fsp3) is 0.944. The number of carbonyl (C=O) groups is 1. The smallest absolute Gasteiger partial charge is 0.362 e. The van der Waals surface area contributed by atoms with Crippen molar-refractivity contribution in [3.8, 4) is 0 Å². The summed E-state index contributed by atoms with van der Waals surface area (Å²) < 4.78 is 0. The normalized spacial score (nSPS) is 13.7. The van der Waals surface area contributed by atoms with Gasteiger partial charge in [0.25, 0.3) is 5.72 Å². The summed E-state index contributed by atoms with van der Waals surface area (Å²) in [5.74, 6) is -1.55. The van der Waals surface area contributed by atoms with Gasteiger partial charge in [0.1, 0.15) is 0 Å². The van der Waals surface area contributed by atoms with Crippen molar-refractivity contribution in [1.29, 1.82) is 0 Å². The van der Waals surface area contributed by atoms with Crippen LogP contribution in [0.3, 0.4) is 0 Å². The monoisotopic (exact) mass is 329 g/mol. The molecule has 0 aromatic carbocycles. The second-order valence-electron chi connectivity index (χ2n) is 6.56. The lowest BCUT2D eigenvalue weighted by Crippen LogP contribution is -2.35. The topological polar surface area (TPSA) is 87.0 Å². The summed E-state index contributed by atoms with van der Waals surface area (Å²) in [7, 11) is 0. The van der Waals surface area contributed by atoms with Crippen LogP contribution in [-0.4, -0.2) is 21.9 Å². The van der Waals surface area contributed by atoms with E-state index in [2.05, 4.69) is 12.1 Å². The third kappa shape index (κ3) is 12.2. The minimum absolute atomic E-state index is 0.0934. The number of aliphatic carboxylic acids is 1. The molecular weight excluding hydrogens is 294 g/mol. The minimum Gasteiger partial charge on any atom is -0.478 e. The second-order valence-corrected chi connectivity index (χ2v) is 6.56. The number of unbranched alkanes of at least 4 members (excludes halogenated alkanes) is 13. The number of nitrogens with zero attached hydrogens (tertiary/aromatic N) is 1. The van der Waals surface area contributed by atoms with Crippen LogP contribution in [0.1, 0.15) is 103 Å². The summed E-state index contributed by atoms with van der Waals surface area (Å²) in [6.07, 6.45) is 16.7. The van der Waals surface area contributed by atoms with Crippen LogP contribution < -0.4 is 0 Å². The zero-order valence-electron chi connectivity index (χ0n) is 14.8. The van der Waals surface area contributed by atoms with Gasteiger partial charge in [-0.05, 0) is 11.6 Å². The lowest BCUT2D eigenvalue weighted by Gasteiger charge is -2.13. The molecule has 136 valence electrons. The van der Waals surface area contributed by atoms with Crippen molar-refractivity contribution in [2.75, 3.05) is 0 Å². The van der Waals surface area contributed by atoms with E-state index < -0.39 is 11.7 Å².